The number of nitrogens with zero attached hydrogens (tertiary/aromatic N) is 3. The van der Waals surface area contributed by atoms with Crippen LogP contribution < -0.4 is 16.6 Å². The van der Waals surface area contributed by atoms with E-state index in [1.807, 2.05) is 43.0 Å². The van der Waals surface area contributed by atoms with Crippen LogP contribution in [0.4, 0.5) is 4.39 Å². The molecule has 2 fully saturated rings. The first kappa shape index (κ1) is 24.7. The van der Waals surface area contributed by atoms with Gasteiger partial charge in [-0.2, -0.15) is 11.8 Å². The van der Waals surface area contributed by atoms with Crippen LogP contribution in [0.2, 0.25) is 0 Å². The molecule has 1 aromatic carbocycles. The van der Waals surface area contributed by atoms with Gasteiger partial charge in [0.25, 0.3) is 5.56 Å². The van der Waals surface area contributed by atoms with Gasteiger partial charge in [0, 0.05) is 18.1 Å². The number of aromatic nitrogens is 3. The molecule has 0 radical (unpaired) electrons. The van der Waals surface area contributed by atoms with Gasteiger partial charge in [-0.15, -0.1) is 0 Å². The van der Waals surface area contributed by atoms with Crippen molar-refractivity contribution in [3.8, 4) is 0 Å². The third-order valence-corrected chi connectivity index (χ3v) is 8.57. The van der Waals surface area contributed by atoms with Gasteiger partial charge in [0.2, 0.25) is 5.91 Å². The number of benzene rings is 1. The zero-order valence-corrected chi connectivity index (χ0v) is 21.2. The largest absolute Gasteiger partial charge is 0.353 e. The normalized spacial score (nSPS) is 20.9. The predicted octanol–water partition coefficient (Wildman–Crippen LogP) is 3.92. The van der Waals surface area contributed by atoms with E-state index < -0.39 is 11.4 Å². The molecule has 9 heteroatoms. The molecule has 1 saturated carbocycles. The van der Waals surface area contributed by atoms with E-state index in [2.05, 4.69) is 10.3 Å². The van der Waals surface area contributed by atoms with Crippen molar-refractivity contribution >= 4 is 28.7 Å². The second kappa shape index (κ2) is 10.6. The third kappa shape index (κ3) is 4.98. The van der Waals surface area contributed by atoms with E-state index in [-0.39, 0.29) is 40.8 Å². The molecule has 0 spiro atoms. The lowest BCUT2D eigenvalue weighted by Gasteiger charge is -2.31. The van der Waals surface area contributed by atoms with E-state index in [9.17, 15) is 18.8 Å². The highest BCUT2D eigenvalue weighted by Gasteiger charge is 2.29. The maximum Gasteiger partial charge on any atom is 0.333 e. The van der Waals surface area contributed by atoms with Crippen molar-refractivity contribution in [3.05, 3.63) is 74.3 Å². The molecule has 2 aliphatic rings. The Morgan fingerprint density at radius 3 is 2.47 bits per heavy atom. The number of nitrogens with one attached hydrogen (secondary N) is 1. The van der Waals surface area contributed by atoms with E-state index in [0.29, 0.717) is 32.1 Å². The van der Waals surface area contributed by atoms with E-state index in [0.717, 1.165) is 41.7 Å². The summed E-state index contributed by atoms with van der Waals surface area (Å²) in [6, 6.07) is 8.72. The number of rotatable bonds is 5. The lowest BCUT2D eigenvalue weighted by molar-refractivity contribution is -0.121. The molecule has 2 aromatic heterocycles. The zero-order valence-electron chi connectivity index (χ0n) is 20.4. The maximum atomic E-state index is 14.1. The van der Waals surface area contributed by atoms with E-state index in [1.54, 1.807) is 4.57 Å². The number of carbonyl (C=O) groups excluding carboxylic acids is 1. The van der Waals surface area contributed by atoms with Crippen molar-refractivity contribution in [1.82, 2.24) is 19.4 Å². The number of carbonyl (C=O) groups is 1. The number of pyridine rings is 1. The molecule has 1 aliphatic heterocycles. The second-order valence-corrected chi connectivity index (χ2v) is 11.1. The standard InChI is InChI=1S/C27H31FN4O3S/c1-17-4-2-3-5-18(17)14-24(33)30-20-6-8-21(9-7-20)32-26(34)23-15-19(28)16-29-25(23)31(27(32)35)22-10-12-36-13-11-22/h2-5,15-16,20-22H,6-14H2,1H3,(H,30,33)/t20-,21+. The smallest absolute Gasteiger partial charge is 0.333 e. The molecule has 190 valence electrons. The Bertz CT molecular complexity index is 1390. The lowest BCUT2D eigenvalue weighted by atomic mass is 9.90. The van der Waals surface area contributed by atoms with Gasteiger partial charge < -0.3 is 5.32 Å². The Kier molecular flexibility index (Phi) is 7.27. The number of amides is 1. The Labute approximate surface area is 213 Å². The summed E-state index contributed by atoms with van der Waals surface area (Å²) in [4.78, 5) is 43.9. The van der Waals surface area contributed by atoms with Crippen molar-refractivity contribution in [1.29, 1.82) is 0 Å². The molecule has 3 heterocycles. The Morgan fingerprint density at radius 1 is 1.06 bits per heavy atom. The summed E-state index contributed by atoms with van der Waals surface area (Å²) in [6.07, 6.45) is 5.58. The van der Waals surface area contributed by atoms with Crippen LogP contribution in [-0.4, -0.2) is 37.6 Å². The van der Waals surface area contributed by atoms with Crippen LogP contribution >= 0.6 is 11.8 Å². The Balaban J connectivity index is 1.37. The fourth-order valence-corrected chi connectivity index (χ4v) is 6.62. The van der Waals surface area contributed by atoms with Gasteiger partial charge >= 0.3 is 5.69 Å². The number of halogens is 1. The monoisotopic (exact) mass is 510 g/mol. The molecular weight excluding hydrogens is 479 g/mol. The maximum absolute atomic E-state index is 14.1. The summed E-state index contributed by atoms with van der Waals surface area (Å²) < 4.78 is 17.0. The SMILES string of the molecule is Cc1ccccc1CC(=O)N[C@H]1CC[C@@H](n2c(=O)c3cc(F)cnc3n(C3CCSCC3)c2=O)CC1. The summed E-state index contributed by atoms with van der Waals surface area (Å²) in [5.41, 5.74) is 1.54. The van der Waals surface area contributed by atoms with Crippen LogP contribution in [0.25, 0.3) is 11.0 Å². The fourth-order valence-electron chi connectivity index (χ4n) is 5.54. The van der Waals surface area contributed by atoms with Crippen LogP contribution in [0.3, 0.4) is 0 Å². The van der Waals surface area contributed by atoms with E-state index in [4.69, 9.17) is 0 Å². The van der Waals surface area contributed by atoms with Gasteiger partial charge in [-0.25, -0.2) is 14.2 Å². The second-order valence-electron chi connectivity index (χ2n) is 9.87. The first-order valence-corrected chi connectivity index (χ1v) is 13.8. The van der Waals surface area contributed by atoms with Crippen LogP contribution in [0.1, 0.15) is 61.7 Å². The summed E-state index contributed by atoms with van der Waals surface area (Å²) >= 11 is 1.85. The van der Waals surface area contributed by atoms with Crippen molar-refractivity contribution in [3.63, 3.8) is 0 Å². The van der Waals surface area contributed by atoms with Crippen molar-refractivity contribution in [2.75, 3.05) is 11.5 Å². The van der Waals surface area contributed by atoms with Gasteiger partial charge in [0.1, 0.15) is 11.5 Å². The van der Waals surface area contributed by atoms with Crippen LogP contribution in [0, 0.1) is 12.7 Å². The summed E-state index contributed by atoms with van der Waals surface area (Å²) in [5.74, 6) is 1.27. The molecule has 36 heavy (non-hydrogen) atoms. The van der Waals surface area contributed by atoms with Crippen LogP contribution in [0.15, 0.2) is 46.1 Å². The first-order valence-electron chi connectivity index (χ1n) is 12.7. The van der Waals surface area contributed by atoms with Crippen molar-refractivity contribution < 1.29 is 9.18 Å². The van der Waals surface area contributed by atoms with Gasteiger partial charge in [0.05, 0.1) is 18.0 Å². The molecule has 1 amide bonds. The molecule has 0 unspecified atom stereocenters. The van der Waals surface area contributed by atoms with Gasteiger partial charge in [-0.3, -0.25) is 18.7 Å². The third-order valence-electron chi connectivity index (χ3n) is 7.52. The Morgan fingerprint density at radius 2 is 1.75 bits per heavy atom. The van der Waals surface area contributed by atoms with Crippen LogP contribution in [-0.2, 0) is 11.2 Å². The Hall–Kier alpha value is -2.94. The molecular formula is C27H31FN4O3S. The molecule has 0 atom stereocenters. The fraction of sp³-hybridized carbons (Fsp3) is 0.481. The minimum absolute atomic E-state index is 0.00522. The van der Waals surface area contributed by atoms with Crippen molar-refractivity contribution in [2.24, 2.45) is 0 Å². The summed E-state index contributed by atoms with van der Waals surface area (Å²) in [5, 5.41) is 3.28. The van der Waals surface area contributed by atoms with Gasteiger partial charge in [-0.1, -0.05) is 24.3 Å². The van der Waals surface area contributed by atoms with Crippen LogP contribution in [0.5, 0.6) is 0 Å². The van der Waals surface area contributed by atoms with Gasteiger partial charge in [0.15, 0.2) is 0 Å². The number of fused-ring (bicyclic) bond motifs is 1. The summed E-state index contributed by atoms with van der Waals surface area (Å²) in [6.45, 7) is 2.00. The molecule has 1 saturated heterocycles. The number of hydrogen-bond acceptors (Lipinski definition) is 5. The molecule has 0 bridgehead atoms. The van der Waals surface area contributed by atoms with Crippen molar-refractivity contribution in [2.45, 2.75) is 70.0 Å². The van der Waals surface area contributed by atoms with E-state index >= 15 is 0 Å². The molecule has 1 N–H and O–H groups in total. The average molecular weight is 511 g/mol. The number of hydrogen-bond donors (Lipinski definition) is 1. The molecule has 7 nitrogen and oxygen atoms in total. The lowest BCUT2D eigenvalue weighted by Crippen LogP contribution is -2.46. The summed E-state index contributed by atoms with van der Waals surface area (Å²) in [7, 11) is 0. The molecule has 3 aromatic rings. The highest BCUT2D eigenvalue weighted by molar-refractivity contribution is 7.99. The zero-order chi connectivity index (χ0) is 25.2. The van der Waals surface area contributed by atoms with E-state index in [1.165, 1.54) is 10.6 Å². The first-order chi connectivity index (χ1) is 17.4. The quantitative estimate of drug-likeness (QED) is 0.562. The molecule has 1 aliphatic carbocycles. The highest BCUT2D eigenvalue weighted by Crippen LogP contribution is 2.30. The minimum Gasteiger partial charge on any atom is -0.353 e. The number of thioether (sulfide) groups is 1. The average Bonchev–Trinajstić information content (AvgIpc) is 2.88. The molecule has 5 rings (SSSR count). The topological polar surface area (TPSA) is 86.0 Å². The highest BCUT2D eigenvalue weighted by atomic mass is 32.2. The number of aryl methyl sites for hydroxylation is 1. The minimum atomic E-state index is -0.587. The predicted molar refractivity (Wildman–Crippen MR) is 140 cm³/mol. The van der Waals surface area contributed by atoms with Gasteiger partial charge in [-0.05, 0) is 74.1 Å².